The number of allylic oxidation sites excluding steroid dienone is 3. The molecule has 1 rings (SSSR count). The summed E-state index contributed by atoms with van der Waals surface area (Å²) >= 11 is 0. The van der Waals surface area contributed by atoms with Crippen LogP contribution in [0.25, 0.3) is 0 Å². The van der Waals surface area contributed by atoms with Crippen LogP contribution in [-0.2, 0) is 0 Å². The van der Waals surface area contributed by atoms with Crippen LogP contribution in [0.3, 0.4) is 0 Å². The van der Waals surface area contributed by atoms with Crippen LogP contribution < -0.4 is 0 Å². The van der Waals surface area contributed by atoms with Crippen molar-refractivity contribution in [2.75, 3.05) is 0 Å². The molecule has 0 aliphatic heterocycles. The summed E-state index contributed by atoms with van der Waals surface area (Å²) in [5.41, 5.74) is 15.9. The third kappa shape index (κ3) is 5.54. The molecule has 0 saturated carbocycles. The molecule has 0 unspecified atom stereocenters. The van der Waals surface area contributed by atoms with E-state index in [2.05, 4.69) is 118 Å². The molecular formula is C28H45Si2. The van der Waals surface area contributed by atoms with Crippen molar-refractivity contribution < 1.29 is 0 Å². The minimum Gasteiger partial charge on any atom is -0.129 e. The molecule has 0 bridgehead atoms. The Labute approximate surface area is 190 Å². The van der Waals surface area contributed by atoms with Crippen LogP contribution in [0.4, 0.5) is 0 Å². The summed E-state index contributed by atoms with van der Waals surface area (Å²) < 4.78 is 0. The Morgan fingerprint density at radius 1 is 0.567 bits per heavy atom. The predicted octanol–water partition coefficient (Wildman–Crippen LogP) is 8.65. The lowest BCUT2D eigenvalue weighted by molar-refractivity contribution is 0.838. The van der Waals surface area contributed by atoms with Gasteiger partial charge in [0.05, 0.1) is 5.92 Å². The zero-order valence-corrected chi connectivity index (χ0v) is 23.7. The Kier molecular flexibility index (Phi) is 9.76. The number of hydrogen-bond donors (Lipinski definition) is 0. The van der Waals surface area contributed by atoms with E-state index < -0.39 is 16.1 Å². The van der Waals surface area contributed by atoms with Gasteiger partial charge in [-0.1, -0.05) is 94.9 Å². The molecule has 165 valence electrons. The molecule has 0 N–H and O–H groups in total. The third-order valence-electron chi connectivity index (χ3n) is 7.37. The van der Waals surface area contributed by atoms with E-state index in [1.54, 1.807) is 0 Å². The van der Waals surface area contributed by atoms with Crippen molar-refractivity contribution in [2.45, 2.75) is 116 Å². The quantitative estimate of drug-likeness (QED) is 0.221. The highest BCUT2D eigenvalue weighted by molar-refractivity contribution is 6.91. The fourth-order valence-corrected chi connectivity index (χ4v) is 16.3. The molecule has 2 heteroatoms. The second kappa shape index (κ2) is 10.9. The van der Waals surface area contributed by atoms with Gasteiger partial charge in [0, 0.05) is 5.57 Å². The third-order valence-corrected chi connectivity index (χ3v) is 19.9. The molecule has 1 aliphatic carbocycles. The highest BCUT2D eigenvalue weighted by Crippen LogP contribution is 2.42. The lowest BCUT2D eigenvalue weighted by atomic mass is 10.0. The second-order valence-corrected chi connectivity index (χ2v) is 22.0. The second-order valence-electron chi connectivity index (χ2n) is 10.8. The molecule has 0 spiro atoms. The summed E-state index contributed by atoms with van der Waals surface area (Å²) in [4.78, 5) is 0. The summed E-state index contributed by atoms with van der Waals surface area (Å²) in [6.45, 7) is 28.4. The van der Waals surface area contributed by atoms with Crippen LogP contribution in [0.2, 0.25) is 33.2 Å². The maximum absolute atomic E-state index is 3.83. The molecule has 1 aliphatic rings. The highest BCUT2D eigenvalue weighted by Gasteiger charge is 2.42. The Morgan fingerprint density at radius 3 is 1.30 bits per heavy atom. The van der Waals surface area contributed by atoms with Crippen LogP contribution in [0.15, 0.2) is 29.5 Å². The van der Waals surface area contributed by atoms with Crippen molar-refractivity contribution in [3.05, 3.63) is 35.5 Å². The first kappa shape index (κ1) is 26.8. The van der Waals surface area contributed by atoms with E-state index in [1.165, 1.54) is 0 Å². The van der Waals surface area contributed by atoms with E-state index in [4.69, 9.17) is 0 Å². The van der Waals surface area contributed by atoms with Gasteiger partial charge in [0.1, 0.15) is 16.1 Å². The Hall–Kier alpha value is -1.19. The largest absolute Gasteiger partial charge is 0.146 e. The van der Waals surface area contributed by atoms with Crippen molar-refractivity contribution in [1.82, 2.24) is 0 Å². The van der Waals surface area contributed by atoms with Crippen LogP contribution in [0.1, 0.15) is 83.1 Å². The van der Waals surface area contributed by atoms with Gasteiger partial charge in [0.25, 0.3) is 0 Å². The number of rotatable bonds is 6. The van der Waals surface area contributed by atoms with Gasteiger partial charge in [-0.25, -0.2) is 0 Å². The van der Waals surface area contributed by atoms with Crippen LogP contribution in [0, 0.1) is 28.8 Å². The van der Waals surface area contributed by atoms with Gasteiger partial charge in [-0.2, -0.15) is 0 Å². The van der Waals surface area contributed by atoms with Crippen LogP contribution in [-0.4, -0.2) is 16.1 Å². The SMILES string of the molecule is CC(C)[Si](C#C[C]1C=C=CC(C#C[Si](C(C)C)(C(C)C)C(C)C)=C1)(C(C)C)C(C)C. The zero-order valence-electron chi connectivity index (χ0n) is 21.7. The summed E-state index contributed by atoms with van der Waals surface area (Å²) in [5, 5.41) is 0. The Morgan fingerprint density at radius 2 is 0.933 bits per heavy atom. The molecule has 0 amide bonds. The van der Waals surface area contributed by atoms with Gasteiger partial charge in [0.15, 0.2) is 0 Å². The van der Waals surface area contributed by atoms with E-state index >= 15 is 0 Å². The average molecular weight is 438 g/mol. The minimum absolute atomic E-state index is 0.645. The van der Waals surface area contributed by atoms with Crippen molar-refractivity contribution in [3.8, 4) is 22.9 Å². The first-order valence-electron chi connectivity index (χ1n) is 11.9. The first-order chi connectivity index (χ1) is 13.8. The van der Waals surface area contributed by atoms with E-state index in [1.807, 2.05) is 12.2 Å². The molecule has 0 heterocycles. The Balaban J connectivity index is 3.35. The van der Waals surface area contributed by atoms with E-state index in [9.17, 15) is 0 Å². The molecule has 0 fully saturated rings. The molecule has 0 aromatic heterocycles. The summed E-state index contributed by atoms with van der Waals surface area (Å²) in [6, 6.07) is 0. The fourth-order valence-electron chi connectivity index (χ4n) is 5.84. The van der Waals surface area contributed by atoms with Crippen LogP contribution in [0.5, 0.6) is 0 Å². The maximum atomic E-state index is 3.83. The highest BCUT2D eigenvalue weighted by atomic mass is 28.3. The predicted molar refractivity (Wildman–Crippen MR) is 142 cm³/mol. The molecule has 0 aromatic rings. The molecule has 30 heavy (non-hydrogen) atoms. The zero-order chi connectivity index (χ0) is 23.3. The van der Waals surface area contributed by atoms with Gasteiger partial charge in [0.2, 0.25) is 0 Å². The molecule has 0 aromatic carbocycles. The van der Waals surface area contributed by atoms with E-state index in [-0.39, 0.29) is 0 Å². The molecule has 0 nitrogen and oxygen atoms in total. The van der Waals surface area contributed by atoms with Crippen molar-refractivity contribution >= 4 is 16.1 Å². The maximum Gasteiger partial charge on any atom is 0.146 e. The van der Waals surface area contributed by atoms with Gasteiger partial charge in [-0.3, -0.25) is 0 Å². The fraction of sp³-hybridized carbons (Fsp3) is 0.643. The smallest absolute Gasteiger partial charge is 0.129 e. The van der Waals surface area contributed by atoms with Crippen molar-refractivity contribution in [2.24, 2.45) is 0 Å². The van der Waals surface area contributed by atoms with E-state index in [0.29, 0.717) is 33.2 Å². The number of hydrogen-bond acceptors (Lipinski definition) is 0. The van der Waals surface area contributed by atoms with Gasteiger partial charge in [-0.05, 0) is 51.5 Å². The van der Waals surface area contributed by atoms with Crippen molar-refractivity contribution in [3.63, 3.8) is 0 Å². The molecule has 0 atom stereocenters. The van der Waals surface area contributed by atoms with Gasteiger partial charge < -0.3 is 0 Å². The molecular weight excluding hydrogens is 392 g/mol. The first-order valence-corrected chi connectivity index (χ1v) is 16.4. The topological polar surface area (TPSA) is 0 Å². The van der Waals surface area contributed by atoms with E-state index in [0.717, 1.165) is 11.5 Å². The minimum atomic E-state index is -1.73. The normalized spacial score (nSPS) is 15.2. The van der Waals surface area contributed by atoms with Crippen molar-refractivity contribution in [1.29, 1.82) is 0 Å². The molecule has 0 saturated heterocycles. The summed E-state index contributed by atoms with van der Waals surface area (Å²) in [6.07, 6.45) is 6.23. The summed E-state index contributed by atoms with van der Waals surface area (Å²) in [5.74, 6) is 8.18. The lowest BCUT2D eigenvalue weighted by Crippen LogP contribution is -2.43. The van der Waals surface area contributed by atoms with Gasteiger partial charge in [-0.15, -0.1) is 16.8 Å². The monoisotopic (exact) mass is 437 g/mol. The lowest BCUT2D eigenvalue weighted by Gasteiger charge is -2.38. The molecule has 1 radical (unpaired) electrons. The van der Waals surface area contributed by atoms with Gasteiger partial charge >= 0.3 is 0 Å². The summed E-state index contributed by atoms with van der Waals surface area (Å²) in [7, 11) is -3.45. The standard InChI is InChI=1S/C28H45Si2/c1-21(2)29(22(3)4,23(5)6)18-16-27-14-13-15-28(20-27)17-19-30(24(7)8,25(9)10)26(11)12/h14-15,20-26H,1-12H3. The average Bonchev–Trinajstić information content (AvgIpc) is 2.61. The van der Waals surface area contributed by atoms with Crippen LogP contribution >= 0.6 is 0 Å². The Bertz CT molecular complexity index is 747.